The highest BCUT2D eigenvalue weighted by Gasteiger charge is 2.24. The van der Waals surface area contributed by atoms with Crippen molar-refractivity contribution in [2.45, 2.75) is 0 Å². The summed E-state index contributed by atoms with van der Waals surface area (Å²) in [4.78, 5) is 0. The van der Waals surface area contributed by atoms with Crippen molar-refractivity contribution in [2.24, 2.45) is 0 Å². The Morgan fingerprint density at radius 3 is 0.612 bits per heavy atom. The molecule has 0 saturated carbocycles. The Bertz CT molecular complexity index is 7550. The molecule has 116 heavy (non-hydrogen) atoms. The molecule has 0 amide bonds. The molecule has 23 aromatic rings. The molecule has 540 valence electrons. The molecule has 0 heteroatoms. The van der Waals surface area contributed by atoms with Gasteiger partial charge >= 0.3 is 0 Å². The van der Waals surface area contributed by atoms with Crippen LogP contribution in [0.2, 0.25) is 0 Å². The monoisotopic (exact) mass is 1470 g/mol. The molecule has 0 bridgehead atoms. The first-order chi connectivity index (χ1) is 57.6. The first kappa shape index (κ1) is 68.9. The molecule has 0 aliphatic carbocycles. The van der Waals surface area contributed by atoms with E-state index in [4.69, 9.17) is 0 Å². The molecule has 0 N–H and O–H groups in total. The molecule has 23 rings (SSSR count). The SMILES string of the molecule is c1ccc(-c2ccc(-c3c4ccccc4c(-c4ccc5ccccc5c4)c4ccccc34)c3ccccc23)cc1.c1ccc(-c2ccc(-c3c4ccccc4c(-c4cccc5ccccc45)c4ccccc34)c3ccccc23)cc1.c1ccc(-c2ccc(-c3c4ccccc4c(-c4ccccc4)c4ccccc34)c3ccccc23)cc1. The topological polar surface area (TPSA) is 0 Å². The van der Waals surface area contributed by atoms with Crippen molar-refractivity contribution in [3.8, 4) is 100 Å². The van der Waals surface area contributed by atoms with Crippen molar-refractivity contribution in [3.63, 3.8) is 0 Å². The third kappa shape index (κ3) is 12.1. The summed E-state index contributed by atoms with van der Waals surface area (Å²) in [6.45, 7) is 0. The van der Waals surface area contributed by atoms with Crippen LogP contribution >= 0.6 is 0 Å². The van der Waals surface area contributed by atoms with Gasteiger partial charge in [0.2, 0.25) is 0 Å². The molecule has 0 radical (unpaired) electrons. The van der Waals surface area contributed by atoms with Crippen LogP contribution in [-0.4, -0.2) is 0 Å². The van der Waals surface area contributed by atoms with Crippen molar-refractivity contribution < 1.29 is 0 Å². The minimum Gasteiger partial charge on any atom is -0.0622 e. The molecule has 0 aliphatic heterocycles. The molecule has 0 unspecified atom stereocenters. The van der Waals surface area contributed by atoms with E-state index in [1.807, 2.05) is 0 Å². The highest BCUT2D eigenvalue weighted by atomic mass is 14.3. The average Bonchev–Trinajstić information content (AvgIpc) is 0.733. The number of hydrogen-bond acceptors (Lipinski definition) is 0. The Morgan fingerprint density at radius 2 is 0.293 bits per heavy atom. The second-order valence-electron chi connectivity index (χ2n) is 30.2. The zero-order chi connectivity index (χ0) is 76.8. The van der Waals surface area contributed by atoms with Crippen LogP contribution in [0.1, 0.15) is 0 Å². The van der Waals surface area contributed by atoms with Gasteiger partial charge in [-0.2, -0.15) is 0 Å². The average molecular weight is 1470 g/mol. The van der Waals surface area contributed by atoms with Crippen molar-refractivity contribution in [3.05, 3.63) is 461 Å². The standard InChI is InChI=1S/2C40H26.C36H24/c1-2-13-27(14-3-1)30-25-26-38(32-19-7-6-18-31(30)32)40-36-22-10-8-20-34(36)39(35-21-9-11-23-37(35)40)33-24-12-16-28-15-4-5-17-29(28)33;1-2-13-28(14-3-1)31-24-25-38(33-17-7-6-16-32(31)33)40-36-20-10-8-18-34(36)39(35-19-9-11-21-37(35)40)30-23-22-27-12-4-5-15-29(27)26-30;1-3-13-25(14-4-1)27-23-24-34(29-18-8-7-17-28(27)29)36-32-21-11-9-19-30(32)35(26-15-5-2-6-16-26)31-20-10-12-22-33(31)36/h2*1-26H;1-24H. The van der Waals surface area contributed by atoms with Crippen molar-refractivity contribution in [1.29, 1.82) is 0 Å². The fourth-order valence-electron chi connectivity index (χ4n) is 18.7. The normalized spacial score (nSPS) is 11.4. The fraction of sp³-hybridized carbons (Fsp3) is 0. The summed E-state index contributed by atoms with van der Waals surface area (Å²) in [5, 5.41) is 28.1. The van der Waals surface area contributed by atoms with Gasteiger partial charge in [0.1, 0.15) is 0 Å². The summed E-state index contributed by atoms with van der Waals surface area (Å²) < 4.78 is 0. The molecule has 0 atom stereocenters. The van der Waals surface area contributed by atoms with E-state index >= 15 is 0 Å². The van der Waals surface area contributed by atoms with Gasteiger partial charge in [0.15, 0.2) is 0 Å². The lowest BCUT2D eigenvalue weighted by molar-refractivity contribution is 1.64. The van der Waals surface area contributed by atoms with Gasteiger partial charge in [-0.15, -0.1) is 0 Å². The Hall–Kier alpha value is -15.1. The van der Waals surface area contributed by atoms with Gasteiger partial charge < -0.3 is 0 Å². The molecular weight excluding hydrogens is 1390 g/mol. The zero-order valence-electron chi connectivity index (χ0n) is 63.9. The molecule has 0 aliphatic rings. The van der Waals surface area contributed by atoms with E-state index in [1.54, 1.807) is 0 Å². The van der Waals surface area contributed by atoms with Crippen molar-refractivity contribution in [1.82, 2.24) is 0 Å². The third-order valence-electron chi connectivity index (χ3n) is 23.8. The first-order valence-electron chi connectivity index (χ1n) is 40.2. The molecular formula is C116H76. The van der Waals surface area contributed by atoms with E-state index in [0.717, 1.165) is 0 Å². The van der Waals surface area contributed by atoms with Crippen LogP contribution in [0.5, 0.6) is 0 Å². The van der Waals surface area contributed by atoms with Gasteiger partial charge in [0.05, 0.1) is 0 Å². The number of rotatable bonds is 9. The number of fused-ring (bicyclic) bond motifs is 11. The fourth-order valence-corrected chi connectivity index (χ4v) is 18.7. The molecule has 0 saturated heterocycles. The van der Waals surface area contributed by atoms with Crippen LogP contribution in [-0.2, 0) is 0 Å². The lowest BCUT2D eigenvalue weighted by Gasteiger charge is -2.20. The molecule has 0 spiro atoms. The van der Waals surface area contributed by atoms with Gasteiger partial charge in [-0.3, -0.25) is 0 Å². The minimum atomic E-state index is 1.24. The summed E-state index contributed by atoms with van der Waals surface area (Å²) in [6, 6.07) is 168. The smallest absolute Gasteiger partial charge is 0.00201 e. The third-order valence-corrected chi connectivity index (χ3v) is 23.8. The van der Waals surface area contributed by atoms with Gasteiger partial charge in [-0.25, -0.2) is 0 Å². The summed E-state index contributed by atoms with van der Waals surface area (Å²) in [6.07, 6.45) is 0. The van der Waals surface area contributed by atoms with Gasteiger partial charge in [-0.1, -0.05) is 455 Å². The highest BCUT2D eigenvalue weighted by molar-refractivity contribution is 6.28. The Balaban J connectivity index is 0.000000109. The Kier molecular flexibility index (Phi) is 17.7. The second kappa shape index (κ2) is 29.9. The van der Waals surface area contributed by atoms with E-state index in [9.17, 15) is 0 Å². The predicted molar refractivity (Wildman–Crippen MR) is 501 cm³/mol. The van der Waals surface area contributed by atoms with Crippen molar-refractivity contribution in [2.75, 3.05) is 0 Å². The van der Waals surface area contributed by atoms with E-state index in [2.05, 4.69) is 461 Å². The number of hydrogen-bond donors (Lipinski definition) is 0. The molecule has 0 nitrogen and oxygen atoms in total. The quantitative estimate of drug-likeness (QED) is 0.126. The van der Waals surface area contributed by atoms with Crippen LogP contribution in [0.4, 0.5) is 0 Å². The van der Waals surface area contributed by atoms with E-state index < -0.39 is 0 Å². The van der Waals surface area contributed by atoms with Crippen LogP contribution < -0.4 is 0 Å². The minimum absolute atomic E-state index is 1.24. The zero-order valence-corrected chi connectivity index (χ0v) is 63.9. The molecule has 0 heterocycles. The maximum absolute atomic E-state index is 2.34. The molecule has 0 aromatic heterocycles. The lowest BCUT2D eigenvalue weighted by Crippen LogP contribution is -1.93. The van der Waals surface area contributed by atoms with E-state index in [0.29, 0.717) is 0 Å². The molecule has 0 fully saturated rings. The van der Waals surface area contributed by atoms with Crippen molar-refractivity contribution >= 4 is 118 Å². The lowest BCUT2D eigenvalue weighted by atomic mass is 9.83. The highest BCUT2D eigenvalue weighted by Crippen LogP contribution is 2.52. The molecule has 23 aromatic carbocycles. The Morgan fingerprint density at radius 1 is 0.0862 bits per heavy atom. The summed E-state index contributed by atoms with van der Waals surface area (Å²) in [5.41, 5.74) is 22.9. The van der Waals surface area contributed by atoms with Crippen LogP contribution in [0.15, 0.2) is 461 Å². The summed E-state index contributed by atoms with van der Waals surface area (Å²) in [5.74, 6) is 0. The van der Waals surface area contributed by atoms with Crippen LogP contribution in [0, 0.1) is 0 Å². The second-order valence-corrected chi connectivity index (χ2v) is 30.2. The van der Waals surface area contributed by atoms with Gasteiger partial charge in [-0.05, 0) is 225 Å². The number of benzene rings is 23. The largest absolute Gasteiger partial charge is 0.0622 e. The van der Waals surface area contributed by atoms with Crippen LogP contribution in [0.25, 0.3) is 219 Å². The predicted octanol–water partition coefficient (Wildman–Crippen LogP) is 32.7. The maximum atomic E-state index is 2.34. The van der Waals surface area contributed by atoms with Gasteiger partial charge in [0, 0.05) is 0 Å². The summed E-state index contributed by atoms with van der Waals surface area (Å²) >= 11 is 0. The van der Waals surface area contributed by atoms with Gasteiger partial charge in [0.25, 0.3) is 0 Å². The first-order valence-corrected chi connectivity index (χ1v) is 40.2. The van der Waals surface area contributed by atoms with Crippen LogP contribution in [0.3, 0.4) is 0 Å². The van der Waals surface area contributed by atoms with E-state index in [-0.39, 0.29) is 0 Å². The summed E-state index contributed by atoms with van der Waals surface area (Å²) in [7, 11) is 0. The maximum Gasteiger partial charge on any atom is -0.00201 e. The Labute approximate surface area is 675 Å². The van der Waals surface area contributed by atoms with E-state index in [1.165, 1.54) is 219 Å².